The van der Waals surface area contributed by atoms with Gasteiger partial charge in [0.1, 0.15) is 0 Å². The zero-order chi connectivity index (χ0) is 14.6. The van der Waals surface area contributed by atoms with Crippen LogP contribution in [0.4, 0.5) is 0 Å². The van der Waals surface area contributed by atoms with E-state index in [2.05, 4.69) is 4.72 Å². The number of hydrogen-bond donors (Lipinski definition) is 1. The molecule has 0 bridgehead atoms. The van der Waals surface area contributed by atoms with Crippen LogP contribution in [-0.2, 0) is 10.0 Å². The van der Waals surface area contributed by atoms with Crippen molar-refractivity contribution in [1.82, 2.24) is 9.62 Å². The van der Waals surface area contributed by atoms with Gasteiger partial charge in [0.05, 0.1) is 4.90 Å². The molecule has 1 saturated heterocycles. The molecule has 110 valence electrons. The summed E-state index contributed by atoms with van der Waals surface area (Å²) < 4.78 is 26.6. The summed E-state index contributed by atoms with van der Waals surface area (Å²) in [6, 6.07) is 6.25. The SMILES string of the molecule is CCCNS(=O)(=O)c1cccc(C(=O)N2CCCC2)c1. The fraction of sp³-hybridized carbons (Fsp3) is 0.500. The summed E-state index contributed by atoms with van der Waals surface area (Å²) in [5.41, 5.74) is 0.436. The summed E-state index contributed by atoms with van der Waals surface area (Å²) in [5, 5.41) is 0. The standard InChI is InChI=1S/C14H20N2O3S/c1-2-8-15-20(18,19)13-7-5-6-12(11-13)14(17)16-9-3-4-10-16/h5-7,11,15H,2-4,8-10H2,1H3. The van der Waals surface area contributed by atoms with Gasteiger partial charge in [-0.05, 0) is 37.5 Å². The number of amides is 1. The maximum Gasteiger partial charge on any atom is 0.253 e. The number of rotatable bonds is 5. The summed E-state index contributed by atoms with van der Waals surface area (Å²) >= 11 is 0. The Labute approximate surface area is 120 Å². The second kappa shape index (κ2) is 6.37. The molecule has 1 heterocycles. The number of carbonyl (C=O) groups excluding carboxylic acids is 1. The van der Waals surface area contributed by atoms with Gasteiger partial charge in [-0.1, -0.05) is 13.0 Å². The maximum atomic E-state index is 12.3. The van der Waals surface area contributed by atoms with E-state index in [1.54, 1.807) is 17.0 Å². The second-order valence-corrected chi connectivity index (χ2v) is 6.69. The predicted octanol–water partition coefficient (Wildman–Crippen LogP) is 1.61. The average Bonchev–Trinajstić information content (AvgIpc) is 2.99. The lowest BCUT2D eigenvalue weighted by atomic mass is 10.2. The molecule has 0 saturated carbocycles. The summed E-state index contributed by atoms with van der Waals surface area (Å²) in [4.78, 5) is 14.2. The summed E-state index contributed by atoms with van der Waals surface area (Å²) in [6.07, 6.45) is 2.76. The molecule has 2 rings (SSSR count). The normalized spacial score (nSPS) is 15.6. The van der Waals surface area contributed by atoms with Crippen molar-refractivity contribution >= 4 is 15.9 Å². The van der Waals surface area contributed by atoms with Crippen LogP contribution in [0.3, 0.4) is 0 Å². The smallest absolute Gasteiger partial charge is 0.253 e. The number of carbonyl (C=O) groups is 1. The van der Waals surface area contributed by atoms with Gasteiger partial charge in [-0.15, -0.1) is 0 Å². The van der Waals surface area contributed by atoms with Crippen LogP contribution in [-0.4, -0.2) is 38.9 Å². The monoisotopic (exact) mass is 296 g/mol. The zero-order valence-corrected chi connectivity index (χ0v) is 12.4. The molecule has 0 atom stereocenters. The summed E-state index contributed by atoms with van der Waals surface area (Å²) in [7, 11) is -3.52. The van der Waals surface area contributed by atoms with E-state index in [0.29, 0.717) is 12.1 Å². The van der Waals surface area contributed by atoms with Crippen LogP contribution in [0.5, 0.6) is 0 Å². The number of sulfonamides is 1. The Balaban J connectivity index is 2.21. The molecular weight excluding hydrogens is 276 g/mol. The fourth-order valence-corrected chi connectivity index (χ4v) is 3.40. The highest BCUT2D eigenvalue weighted by molar-refractivity contribution is 7.89. The van der Waals surface area contributed by atoms with Gasteiger partial charge in [0, 0.05) is 25.2 Å². The van der Waals surface area contributed by atoms with Gasteiger partial charge in [0.15, 0.2) is 0 Å². The molecule has 0 unspecified atom stereocenters. The van der Waals surface area contributed by atoms with Gasteiger partial charge in [-0.2, -0.15) is 0 Å². The Morgan fingerprint density at radius 2 is 2.00 bits per heavy atom. The molecule has 0 aromatic heterocycles. The molecule has 0 spiro atoms. The van der Waals surface area contributed by atoms with Crippen molar-refractivity contribution in [2.75, 3.05) is 19.6 Å². The van der Waals surface area contributed by atoms with E-state index >= 15 is 0 Å². The molecule has 1 N–H and O–H groups in total. The third-order valence-corrected chi connectivity index (χ3v) is 4.79. The largest absolute Gasteiger partial charge is 0.339 e. The Hall–Kier alpha value is -1.40. The van der Waals surface area contributed by atoms with E-state index in [9.17, 15) is 13.2 Å². The van der Waals surface area contributed by atoms with E-state index in [0.717, 1.165) is 32.4 Å². The maximum absolute atomic E-state index is 12.3. The van der Waals surface area contributed by atoms with Crippen LogP contribution in [0.1, 0.15) is 36.5 Å². The van der Waals surface area contributed by atoms with Crippen molar-refractivity contribution in [1.29, 1.82) is 0 Å². The van der Waals surface area contributed by atoms with Crippen molar-refractivity contribution in [3.05, 3.63) is 29.8 Å². The van der Waals surface area contributed by atoms with Gasteiger partial charge in [0.25, 0.3) is 5.91 Å². The Morgan fingerprint density at radius 1 is 1.30 bits per heavy atom. The van der Waals surface area contributed by atoms with Gasteiger partial charge in [-0.3, -0.25) is 4.79 Å². The number of benzene rings is 1. The molecule has 1 amide bonds. The van der Waals surface area contributed by atoms with Crippen LogP contribution in [0.2, 0.25) is 0 Å². The van der Waals surface area contributed by atoms with E-state index in [1.165, 1.54) is 12.1 Å². The fourth-order valence-electron chi connectivity index (χ4n) is 2.22. The number of nitrogens with one attached hydrogen (secondary N) is 1. The van der Waals surface area contributed by atoms with Crippen LogP contribution in [0.25, 0.3) is 0 Å². The first-order valence-corrected chi connectivity index (χ1v) is 8.42. The van der Waals surface area contributed by atoms with Crippen molar-refractivity contribution in [3.8, 4) is 0 Å². The lowest BCUT2D eigenvalue weighted by Crippen LogP contribution is -2.28. The van der Waals surface area contributed by atoms with Crippen LogP contribution in [0, 0.1) is 0 Å². The molecule has 5 nitrogen and oxygen atoms in total. The van der Waals surface area contributed by atoms with Crippen molar-refractivity contribution < 1.29 is 13.2 Å². The quantitative estimate of drug-likeness (QED) is 0.897. The molecule has 1 aliphatic rings. The molecule has 1 fully saturated rings. The first kappa shape index (κ1) is 15.0. The molecule has 1 aliphatic heterocycles. The van der Waals surface area contributed by atoms with E-state index in [-0.39, 0.29) is 10.8 Å². The third-order valence-electron chi connectivity index (χ3n) is 3.33. The van der Waals surface area contributed by atoms with Gasteiger partial charge >= 0.3 is 0 Å². The lowest BCUT2D eigenvalue weighted by molar-refractivity contribution is 0.0792. The highest BCUT2D eigenvalue weighted by Gasteiger charge is 2.21. The minimum Gasteiger partial charge on any atom is -0.339 e. The van der Waals surface area contributed by atoms with Crippen molar-refractivity contribution in [2.24, 2.45) is 0 Å². The first-order valence-electron chi connectivity index (χ1n) is 6.93. The molecule has 20 heavy (non-hydrogen) atoms. The highest BCUT2D eigenvalue weighted by atomic mass is 32.2. The minimum atomic E-state index is -3.52. The van der Waals surface area contributed by atoms with Crippen molar-refractivity contribution in [2.45, 2.75) is 31.1 Å². The highest BCUT2D eigenvalue weighted by Crippen LogP contribution is 2.16. The van der Waals surface area contributed by atoms with Crippen LogP contribution >= 0.6 is 0 Å². The topological polar surface area (TPSA) is 66.5 Å². The number of hydrogen-bond acceptors (Lipinski definition) is 3. The Morgan fingerprint density at radius 3 is 2.65 bits per heavy atom. The number of nitrogens with zero attached hydrogens (tertiary/aromatic N) is 1. The Kier molecular flexibility index (Phi) is 4.77. The van der Waals surface area contributed by atoms with Gasteiger partial charge < -0.3 is 4.90 Å². The van der Waals surface area contributed by atoms with Crippen molar-refractivity contribution in [3.63, 3.8) is 0 Å². The summed E-state index contributed by atoms with van der Waals surface area (Å²) in [5.74, 6) is -0.0879. The molecule has 6 heteroatoms. The molecule has 0 radical (unpaired) electrons. The van der Waals surface area contributed by atoms with Gasteiger partial charge in [0.2, 0.25) is 10.0 Å². The molecule has 1 aromatic carbocycles. The molecular formula is C14H20N2O3S. The van der Waals surface area contributed by atoms with Crippen LogP contribution in [0.15, 0.2) is 29.2 Å². The lowest BCUT2D eigenvalue weighted by Gasteiger charge is -2.15. The predicted molar refractivity (Wildman–Crippen MR) is 77.1 cm³/mol. The Bertz CT molecular complexity index is 578. The van der Waals surface area contributed by atoms with Gasteiger partial charge in [-0.25, -0.2) is 13.1 Å². The first-order chi connectivity index (χ1) is 9.54. The average molecular weight is 296 g/mol. The second-order valence-electron chi connectivity index (χ2n) is 4.92. The zero-order valence-electron chi connectivity index (χ0n) is 11.6. The van der Waals surface area contributed by atoms with Crippen LogP contribution < -0.4 is 4.72 Å². The molecule has 0 aliphatic carbocycles. The summed E-state index contributed by atoms with van der Waals surface area (Å²) in [6.45, 7) is 3.80. The number of likely N-dealkylation sites (tertiary alicyclic amines) is 1. The van der Waals surface area contributed by atoms with E-state index in [4.69, 9.17) is 0 Å². The molecule has 1 aromatic rings. The third kappa shape index (κ3) is 3.37. The van der Waals surface area contributed by atoms with E-state index in [1.807, 2.05) is 6.92 Å². The van der Waals surface area contributed by atoms with E-state index < -0.39 is 10.0 Å². The minimum absolute atomic E-state index is 0.0879.